The van der Waals surface area contributed by atoms with Gasteiger partial charge in [-0.2, -0.15) is 0 Å². The van der Waals surface area contributed by atoms with Crippen LogP contribution in [0.4, 0.5) is 31.5 Å². The van der Waals surface area contributed by atoms with Crippen LogP contribution in [0, 0.1) is 11.6 Å². The molecule has 0 unspecified atom stereocenters. The Bertz CT molecular complexity index is 3510. The number of benzene rings is 7. The summed E-state index contributed by atoms with van der Waals surface area (Å²) in [6.45, 7) is 29.6. The van der Waals surface area contributed by atoms with E-state index in [9.17, 15) is 0 Å². The number of aromatic nitrogens is 2. The fraction of sp³-hybridized carbons (Fsp3) is 0.299. The number of rotatable bonds is 12. The van der Waals surface area contributed by atoms with Crippen LogP contribution in [0.5, 0.6) is 11.5 Å². The smallest absolute Gasteiger partial charge is 0.137 e. The van der Waals surface area contributed by atoms with Gasteiger partial charge in [0.2, 0.25) is 0 Å². The number of anilines is 4. The molecule has 3 heterocycles. The Hall–Kier alpha value is -7.25. The van der Waals surface area contributed by atoms with E-state index in [1.54, 1.807) is 0 Å². The van der Waals surface area contributed by atoms with E-state index in [-0.39, 0.29) is 34.7 Å². The lowest BCUT2D eigenvalue weighted by Gasteiger charge is -2.30. The third-order valence-corrected chi connectivity index (χ3v) is 15.0. The SMILES string of the molecule is CC(C)c1cc(C(C)C)c(-c2cc(Oc3ccc4c5ccccc5n(-c5cc(C(C)(C)C)ccn5)c4c3)cc(N3CN(c4c(C(C)C)cc(-c5c(F)cccc5F)cc4C(C)C)c4ccccc43)c2)c(C(C)C)c1. The van der Waals surface area contributed by atoms with Gasteiger partial charge >= 0.3 is 0 Å². The molecule has 7 aromatic carbocycles. The zero-order valence-electron chi connectivity index (χ0n) is 45.4. The van der Waals surface area contributed by atoms with Crippen molar-refractivity contribution in [2.24, 2.45) is 0 Å². The summed E-state index contributed by atoms with van der Waals surface area (Å²) < 4.78 is 40.6. The number of hydrogen-bond acceptors (Lipinski definition) is 4. The van der Waals surface area contributed by atoms with E-state index in [1.807, 2.05) is 18.3 Å². The highest BCUT2D eigenvalue weighted by atomic mass is 19.1. The van der Waals surface area contributed by atoms with Gasteiger partial charge in [0.05, 0.1) is 28.0 Å². The number of para-hydroxylation sites is 3. The number of fused-ring (bicyclic) bond motifs is 4. The first kappa shape index (κ1) is 50.3. The Balaban J connectivity index is 1.17. The zero-order valence-corrected chi connectivity index (χ0v) is 45.4. The molecule has 5 nitrogen and oxygen atoms in total. The standard InChI is InChI=1S/C67H70F2N4O/c1-39(2)44-31-53(40(3)4)64(54(32-44)41(5)6)45-29-48(36-50(30-45)74-49-25-26-52-51-19-14-15-22-59(51)73(62(52)37-49)63-35-47(27-28-70-63)67(11,12)13)71-38-72(61-24-17-16-23-60(61)71)66-55(42(7)8)33-46(34-56(66)43(9)10)65-57(68)20-18-21-58(65)69/h14-37,39-43H,38H2,1-13H3. The highest BCUT2D eigenvalue weighted by Gasteiger charge is 2.34. The second-order valence-corrected chi connectivity index (χ2v) is 22.9. The Labute approximate surface area is 437 Å². The maximum Gasteiger partial charge on any atom is 0.137 e. The molecular formula is C67H70F2N4O. The topological polar surface area (TPSA) is 33.5 Å². The molecule has 378 valence electrons. The highest BCUT2D eigenvalue weighted by molar-refractivity contribution is 6.09. The number of pyridine rings is 1. The maximum absolute atomic E-state index is 15.5. The third-order valence-electron chi connectivity index (χ3n) is 15.0. The largest absolute Gasteiger partial charge is 0.457 e. The van der Waals surface area contributed by atoms with Crippen molar-refractivity contribution in [3.8, 4) is 39.6 Å². The molecule has 0 saturated carbocycles. The molecule has 0 radical (unpaired) electrons. The molecule has 0 spiro atoms. The summed E-state index contributed by atoms with van der Waals surface area (Å²) >= 11 is 0. The lowest BCUT2D eigenvalue weighted by atomic mass is 9.81. The molecule has 0 amide bonds. The van der Waals surface area contributed by atoms with Crippen LogP contribution in [0.3, 0.4) is 0 Å². The summed E-state index contributed by atoms with van der Waals surface area (Å²) in [6.07, 6.45) is 1.92. The van der Waals surface area contributed by atoms with Gasteiger partial charge in [-0.1, -0.05) is 139 Å². The van der Waals surface area contributed by atoms with Crippen LogP contribution in [0.25, 0.3) is 49.9 Å². The van der Waals surface area contributed by atoms with E-state index < -0.39 is 11.6 Å². The average Bonchev–Trinajstić information content (AvgIpc) is 3.92. The molecule has 1 aliphatic heterocycles. The molecule has 74 heavy (non-hydrogen) atoms. The van der Waals surface area contributed by atoms with Crippen LogP contribution >= 0.6 is 0 Å². The van der Waals surface area contributed by atoms with Crippen LogP contribution in [-0.4, -0.2) is 16.2 Å². The predicted octanol–water partition coefficient (Wildman–Crippen LogP) is 19.7. The van der Waals surface area contributed by atoms with Gasteiger partial charge in [-0.15, -0.1) is 0 Å². The van der Waals surface area contributed by atoms with E-state index in [0.29, 0.717) is 18.2 Å². The Kier molecular flexibility index (Phi) is 13.3. The molecule has 2 aromatic heterocycles. The van der Waals surface area contributed by atoms with Crippen molar-refractivity contribution in [2.75, 3.05) is 16.5 Å². The maximum atomic E-state index is 15.5. The van der Waals surface area contributed by atoms with Gasteiger partial charge in [0.1, 0.15) is 35.6 Å². The summed E-state index contributed by atoms with van der Waals surface area (Å²) in [5.74, 6) is 2.17. The second-order valence-electron chi connectivity index (χ2n) is 22.9. The molecule has 0 fully saturated rings. The molecular weight excluding hydrogens is 915 g/mol. The molecule has 0 aliphatic carbocycles. The van der Waals surface area contributed by atoms with Crippen molar-refractivity contribution in [1.82, 2.24) is 9.55 Å². The molecule has 7 heteroatoms. The minimum Gasteiger partial charge on any atom is -0.457 e. The molecule has 9 aromatic rings. The third kappa shape index (κ3) is 9.13. The minimum absolute atomic E-state index is 0.00521. The molecule has 1 aliphatic rings. The second kappa shape index (κ2) is 19.5. The first-order valence-corrected chi connectivity index (χ1v) is 26.6. The lowest BCUT2D eigenvalue weighted by molar-refractivity contribution is 0.483. The number of hydrogen-bond donors (Lipinski definition) is 0. The van der Waals surface area contributed by atoms with Crippen molar-refractivity contribution in [3.63, 3.8) is 0 Å². The van der Waals surface area contributed by atoms with Crippen LogP contribution in [0.2, 0.25) is 0 Å². The van der Waals surface area contributed by atoms with Gasteiger partial charge in [0.15, 0.2) is 0 Å². The van der Waals surface area contributed by atoms with Crippen molar-refractivity contribution < 1.29 is 13.5 Å². The van der Waals surface area contributed by atoms with Gasteiger partial charge in [-0.25, -0.2) is 13.8 Å². The summed E-state index contributed by atoms with van der Waals surface area (Å²) in [6, 6.07) is 47.6. The van der Waals surface area contributed by atoms with E-state index >= 15 is 8.78 Å². The number of nitrogens with zero attached hydrogens (tertiary/aromatic N) is 4. The molecule has 0 atom stereocenters. The van der Waals surface area contributed by atoms with Gasteiger partial charge in [0.25, 0.3) is 0 Å². The van der Waals surface area contributed by atoms with Crippen molar-refractivity contribution >= 4 is 44.6 Å². The predicted molar refractivity (Wildman–Crippen MR) is 307 cm³/mol. The first-order valence-electron chi connectivity index (χ1n) is 26.6. The summed E-state index contributed by atoms with van der Waals surface area (Å²) in [5.41, 5.74) is 16.4. The van der Waals surface area contributed by atoms with Gasteiger partial charge in [0, 0.05) is 40.5 Å². The number of ether oxygens (including phenoxy) is 1. The van der Waals surface area contributed by atoms with Gasteiger partial charge in [-0.3, -0.25) is 4.57 Å². The first-order chi connectivity index (χ1) is 35.3. The highest BCUT2D eigenvalue weighted by Crippen LogP contribution is 2.51. The average molecular weight is 985 g/mol. The quantitative estimate of drug-likeness (QED) is 0.122. The minimum atomic E-state index is -0.567. The Morgan fingerprint density at radius 1 is 0.500 bits per heavy atom. The fourth-order valence-corrected chi connectivity index (χ4v) is 11.1. The van der Waals surface area contributed by atoms with Crippen LogP contribution in [0.1, 0.15) is 153 Å². The van der Waals surface area contributed by atoms with Crippen molar-refractivity contribution in [3.05, 3.63) is 191 Å². The lowest BCUT2D eigenvalue weighted by Crippen LogP contribution is -2.26. The Morgan fingerprint density at radius 3 is 1.69 bits per heavy atom. The molecule has 0 bridgehead atoms. The summed E-state index contributed by atoms with van der Waals surface area (Å²) in [5, 5.41) is 2.28. The summed E-state index contributed by atoms with van der Waals surface area (Å²) in [4.78, 5) is 9.75. The normalized spacial score (nSPS) is 13.0. The molecule has 10 rings (SSSR count). The van der Waals surface area contributed by atoms with E-state index in [0.717, 1.165) is 78.6 Å². The van der Waals surface area contributed by atoms with Crippen molar-refractivity contribution in [1.29, 1.82) is 0 Å². The number of halogens is 2. The molecule has 0 saturated heterocycles. The fourth-order valence-electron chi connectivity index (χ4n) is 11.1. The van der Waals surface area contributed by atoms with E-state index in [2.05, 4.69) is 214 Å². The van der Waals surface area contributed by atoms with Crippen LogP contribution < -0.4 is 14.5 Å². The van der Waals surface area contributed by atoms with Gasteiger partial charge in [-0.05, 0) is 164 Å². The van der Waals surface area contributed by atoms with E-state index in [4.69, 9.17) is 9.72 Å². The van der Waals surface area contributed by atoms with Crippen molar-refractivity contribution in [2.45, 2.75) is 125 Å². The monoisotopic (exact) mass is 985 g/mol. The summed E-state index contributed by atoms with van der Waals surface area (Å²) in [7, 11) is 0. The van der Waals surface area contributed by atoms with Gasteiger partial charge < -0.3 is 14.5 Å². The van der Waals surface area contributed by atoms with E-state index in [1.165, 1.54) is 46.0 Å². The zero-order chi connectivity index (χ0) is 52.5. The van der Waals surface area contributed by atoms with Crippen LogP contribution in [0.15, 0.2) is 146 Å². The van der Waals surface area contributed by atoms with Crippen LogP contribution in [-0.2, 0) is 5.41 Å². The Morgan fingerprint density at radius 2 is 1.08 bits per heavy atom. The molecule has 0 N–H and O–H groups in total.